The smallest absolute Gasteiger partial charge is 0.264 e. The van der Waals surface area contributed by atoms with Crippen LogP contribution in [0.3, 0.4) is 0 Å². The van der Waals surface area contributed by atoms with Gasteiger partial charge in [0, 0.05) is 63.0 Å². The van der Waals surface area contributed by atoms with Gasteiger partial charge in [-0.05, 0) is 118 Å². The fraction of sp³-hybridized carbons (Fsp3) is 0.432. The maximum atomic E-state index is 11.5. The summed E-state index contributed by atoms with van der Waals surface area (Å²) in [6.07, 6.45) is 20.4. The standard InChI is InChI=1S/C44H55N3O6S3/c1-43(2)36-16-5-7-18-38(36)46(28-9-11-30-55(48,49)50)40(43)26-20-32-14-13-15-33(42(32)54-35-24-22-34(45)23-25-35)21-27-41-44(3,4)37-17-6-8-19-39(37)47(41)29-10-12-31-56(51,52)53/h5,7-8,16,18-27H,6,9-15,17,28-31,45H2,1-4H3,(H-,48,49,50,51,52,53)/p+1. The molecule has 0 amide bonds. The number of unbranched alkanes of at least 4 members (excludes halogenated alkanes) is 2. The van der Waals surface area contributed by atoms with Gasteiger partial charge in [0.15, 0.2) is 5.71 Å². The zero-order valence-electron chi connectivity index (χ0n) is 33.0. The van der Waals surface area contributed by atoms with E-state index in [0.717, 1.165) is 54.1 Å². The van der Waals surface area contributed by atoms with Crippen LogP contribution < -0.4 is 5.73 Å². The first-order valence-corrected chi connectivity index (χ1v) is 23.7. The van der Waals surface area contributed by atoms with Gasteiger partial charge in [0.25, 0.3) is 20.2 Å². The highest BCUT2D eigenvalue weighted by molar-refractivity contribution is 8.03. The molecule has 0 atom stereocenters. The lowest BCUT2D eigenvalue weighted by Crippen LogP contribution is -2.28. The molecular formula is C44H56N3O6S3+. The molecule has 0 fully saturated rings. The molecule has 0 aromatic heterocycles. The predicted molar refractivity (Wildman–Crippen MR) is 229 cm³/mol. The van der Waals surface area contributed by atoms with E-state index in [9.17, 15) is 25.9 Å². The average Bonchev–Trinajstić information content (AvgIpc) is 3.49. The molecule has 12 heteroatoms. The summed E-state index contributed by atoms with van der Waals surface area (Å²) < 4.78 is 66.8. The summed E-state index contributed by atoms with van der Waals surface area (Å²) >= 11 is 1.76. The third-order valence-electron chi connectivity index (χ3n) is 11.4. The second-order valence-corrected chi connectivity index (χ2v) is 20.4. The number of benzene rings is 2. The molecule has 56 heavy (non-hydrogen) atoms. The van der Waals surface area contributed by atoms with Gasteiger partial charge in [-0.15, -0.1) is 0 Å². The van der Waals surface area contributed by atoms with Crippen molar-refractivity contribution in [3.8, 4) is 0 Å². The number of hydrogen-bond donors (Lipinski definition) is 3. The van der Waals surface area contributed by atoms with E-state index in [1.807, 2.05) is 18.2 Å². The van der Waals surface area contributed by atoms with Crippen molar-refractivity contribution in [1.82, 2.24) is 4.90 Å². The van der Waals surface area contributed by atoms with E-state index < -0.39 is 20.2 Å². The van der Waals surface area contributed by atoms with Gasteiger partial charge in [0.2, 0.25) is 5.69 Å². The molecule has 2 aliphatic heterocycles. The molecule has 0 spiro atoms. The summed E-state index contributed by atoms with van der Waals surface area (Å²) in [6, 6.07) is 16.4. The Kier molecular flexibility index (Phi) is 12.8. The molecule has 4 aliphatic rings. The van der Waals surface area contributed by atoms with Crippen LogP contribution in [0.4, 0.5) is 11.4 Å². The Morgan fingerprint density at radius 3 is 2.25 bits per heavy atom. The van der Waals surface area contributed by atoms with Crippen LogP contribution in [-0.4, -0.2) is 65.7 Å². The number of allylic oxidation sites excluding steroid dienone is 9. The van der Waals surface area contributed by atoms with Crippen molar-refractivity contribution in [1.29, 1.82) is 0 Å². The molecule has 2 aliphatic carbocycles. The topological polar surface area (TPSA) is 141 Å². The van der Waals surface area contributed by atoms with Gasteiger partial charge in [-0.2, -0.15) is 21.4 Å². The number of para-hydroxylation sites is 1. The first-order valence-electron chi connectivity index (χ1n) is 19.6. The van der Waals surface area contributed by atoms with E-state index in [2.05, 4.69) is 104 Å². The van der Waals surface area contributed by atoms with Crippen molar-refractivity contribution in [2.24, 2.45) is 5.41 Å². The molecule has 4 N–H and O–H groups in total. The number of rotatable bonds is 15. The van der Waals surface area contributed by atoms with Crippen LogP contribution in [0.5, 0.6) is 0 Å². The fourth-order valence-electron chi connectivity index (χ4n) is 8.55. The van der Waals surface area contributed by atoms with Gasteiger partial charge >= 0.3 is 0 Å². The number of nitrogen functional groups attached to an aromatic ring is 1. The van der Waals surface area contributed by atoms with Crippen molar-refractivity contribution < 1.29 is 30.5 Å². The quantitative estimate of drug-likeness (QED) is 0.0694. The van der Waals surface area contributed by atoms with E-state index in [1.54, 1.807) is 11.8 Å². The van der Waals surface area contributed by atoms with E-state index in [-0.39, 0.29) is 22.3 Å². The summed E-state index contributed by atoms with van der Waals surface area (Å²) in [4.78, 5) is 4.68. The largest absolute Gasteiger partial charge is 0.399 e. The molecule has 6 rings (SSSR count). The van der Waals surface area contributed by atoms with Crippen molar-refractivity contribution in [2.45, 2.75) is 95.8 Å². The average molecular weight is 819 g/mol. The van der Waals surface area contributed by atoms with Crippen LogP contribution in [0.1, 0.15) is 91.0 Å². The molecule has 2 aromatic rings. The fourth-order valence-corrected chi connectivity index (χ4v) is 10.8. The van der Waals surface area contributed by atoms with Crippen LogP contribution >= 0.6 is 11.8 Å². The Morgan fingerprint density at radius 2 is 1.54 bits per heavy atom. The van der Waals surface area contributed by atoms with Crippen LogP contribution in [0.15, 0.2) is 123 Å². The van der Waals surface area contributed by atoms with Gasteiger partial charge in [0.05, 0.1) is 16.9 Å². The maximum Gasteiger partial charge on any atom is 0.264 e. The minimum Gasteiger partial charge on any atom is -0.399 e. The maximum absolute atomic E-state index is 11.5. The molecule has 2 aromatic carbocycles. The molecule has 300 valence electrons. The highest BCUT2D eigenvalue weighted by Crippen LogP contribution is 2.51. The molecule has 9 nitrogen and oxygen atoms in total. The molecule has 0 unspecified atom stereocenters. The van der Waals surface area contributed by atoms with Gasteiger partial charge < -0.3 is 10.6 Å². The molecule has 0 bridgehead atoms. The first-order chi connectivity index (χ1) is 26.5. The summed E-state index contributed by atoms with van der Waals surface area (Å²) in [6.45, 7) is 10.3. The second kappa shape index (κ2) is 17.0. The molecule has 0 radical (unpaired) electrons. The first kappa shape index (κ1) is 41.9. The Morgan fingerprint density at radius 1 is 0.839 bits per heavy atom. The van der Waals surface area contributed by atoms with E-state index in [4.69, 9.17) is 5.73 Å². The van der Waals surface area contributed by atoms with Gasteiger partial charge in [0.1, 0.15) is 6.54 Å². The van der Waals surface area contributed by atoms with Crippen molar-refractivity contribution in [3.63, 3.8) is 0 Å². The zero-order chi connectivity index (χ0) is 40.3. The SMILES string of the molecule is CC1(C)C2=C(C=CCC2)N(CCCCS(=O)(=O)O)/C1=C/C=C1\CCCC(/C=C/C2=[N+](CCCCS(=O)(=O)O)c3ccccc3C2(C)C)=C1Sc1ccc(N)cc1. The number of hydrogen-bond acceptors (Lipinski definition) is 7. The molecule has 0 saturated heterocycles. The number of nitrogens with two attached hydrogens (primary N) is 1. The lowest BCUT2D eigenvalue weighted by atomic mass is 9.79. The summed E-state index contributed by atoms with van der Waals surface area (Å²) in [5, 5.41) is 0. The van der Waals surface area contributed by atoms with Crippen LogP contribution in [0.25, 0.3) is 0 Å². The highest BCUT2D eigenvalue weighted by atomic mass is 32.2. The number of anilines is 1. The van der Waals surface area contributed by atoms with Crippen molar-refractivity contribution in [2.75, 3.05) is 30.3 Å². The van der Waals surface area contributed by atoms with Gasteiger partial charge in [-0.25, -0.2) is 0 Å². The Labute approximate surface area is 338 Å². The van der Waals surface area contributed by atoms with Gasteiger partial charge in [-0.3, -0.25) is 9.11 Å². The van der Waals surface area contributed by atoms with E-state index in [0.29, 0.717) is 38.8 Å². The van der Waals surface area contributed by atoms with Crippen LogP contribution in [-0.2, 0) is 25.7 Å². The Bertz CT molecular complexity index is 2280. The number of nitrogens with zero attached hydrogens (tertiary/aromatic N) is 2. The van der Waals surface area contributed by atoms with Crippen molar-refractivity contribution in [3.05, 3.63) is 124 Å². The Balaban J connectivity index is 1.39. The number of thioether (sulfide) groups is 1. The monoisotopic (exact) mass is 818 g/mol. The minimum absolute atomic E-state index is 0.198. The summed E-state index contributed by atoms with van der Waals surface area (Å²) in [7, 11) is -8.03. The molecular weight excluding hydrogens is 763 g/mol. The zero-order valence-corrected chi connectivity index (χ0v) is 35.4. The van der Waals surface area contributed by atoms with Crippen LogP contribution in [0, 0.1) is 5.41 Å². The van der Waals surface area contributed by atoms with E-state index in [1.165, 1.54) is 38.6 Å². The van der Waals surface area contributed by atoms with Crippen molar-refractivity contribution >= 4 is 49.1 Å². The highest BCUT2D eigenvalue weighted by Gasteiger charge is 2.44. The predicted octanol–water partition coefficient (Wildman–Crippen LogP) is 9.52. The molecule has 2 heterocycles. The minimum atomic E-state index is -4.02. The lowest BCUT2D eigenvalue weighted by Gasteiger charge is -2.29. The van der Waals surface area contributed by atoms with Gasteiger partial charge in [-0.1, -0.05) is 62.0 Å². The second-order valence-electron chi connectivity index (χ2n) is 16.2. The van der Waals surface area contributed by atoms with Crippen LogP contribution in [0.2, 0.25) is 0 Å². The Hall–Kier alpha value is -3.68. The third kappa shape index (κ3) is 9.70. The normalized spacial score (nSPS) is 20.9. The summed E-state index contributed by atoms with van der Waals surface area (Å²) in [5.74, 6) is -0.491. The number of fused-ring (bicyclic) bond motifs is 1. The third-order valence-corrected chi connectivity index (χ3v) is 14.3. The van der Waals surface area contributed by atoms with E-state index >= 15 is 0 Å². The molecule has 0 saturated carbocycles. The lowest BCUT2D eigenvalue weighted by molar-refractivity contribution is -0.438. The summed E-state index contributed by atoms with van der Waals surface area (Å²) in [5.41, 5.74) is 16.1.